The number of aliphatic hydroxyl groups excluding tert-OH is 1. The lowest BCUT2D eigenvalue weighted by Crippen LogP contribution is -2.31. The van der Waals surface area contributed by atoms with Gasteiger partial charge < -0.3 is 15.0 Å². The summed E-state index contributed by atoms with van der Waals surface area (Å²) in [7, 11) is 0. The first-order valence-electron chi connectivity index (χ1n) is 10.5. The van der Waals surface area contributed by atoms with Gasteiger partial charge in [-0.2, -0.15) is 0 Å². The number of para-hydroxylation sites is 1. The summed E-state index contributed by atoms with van der Waals surface area (Å²) < 4.78 is 13.3. The molecule has 1 fully saturated rings. The van der Waals surface area contributed by atoms with Crippen molar-refractivity contribution in [2.24, 2.45) is 0 Å². The van der Waals surface area contributed by atoms with Crippen LogP contribution in [0.1, 0.15) is 22.7 Å². The van der Waals surface area contributed by atoms with Crippen molar-refractivity contribution in [3.05, 3.63) is 107 Å². The molecule has 1 aliphatic heterocycles. The highest BCUT2D eigenvalue weighted by Crippen LogP contribution is 2.40. The van der Waals surface area contributed by atoms with E-state index in [4.69, 9.17) is 0 Å². The van der Waals surface area contributed by atoms with Crippen LogP contribution in [0.5, 0.6) is 0 Å². The minimum Gasteiger partial charge on any atom is -0.507 e. The monoisotopic (exact) mass is 441 g/mol. The molecule has 1 aliphatic rings. The number of pyridine rings is 1. The van der Waals surface area contributed by atoms with Gasteiger partial charge in [0.2, 0.25) is 0 Å². The molecular weight excluding hydrogens is 421 g/mol. The molecule has 2 aromatic heterocycles. The van der Waals surface area contributed by atoms with Crippen molar-refractivity contribution in [3.8, 4) is 0 Å². The van der Waals surface area contributed by atoms with Crippen LogP contribution in [0.15, 0.2) is 84.8 Å². The van der Waals surface area contributed by atoms with E-state index in [0.717, 1.165) is 16.5 Å². The number of hydrogen-bond acceptors (Lipinski definition) is 4. The summed E-state index contributed by atoms with van der Waals surface area (Å²) in [4.78, 5) is 34.9. The first-order chi connectivity index (χ1) is 16.0. The van der Waals surface area contributed by atoms with Crippen molar-refractivity contribution < 1.29 is 19.1 Å². The van der Waals surface area contributed by atoms with Gasteiger partial charge in [-0.1, -0.05) is 36.4 Å². The van der Waals surface area contributed by atoms with Crippen LogP contribution in [0.3, 0.4) is 0 Å². The van der Waals surface area contributed by atoms with E-state index >= 15 is 0 Å². The molecule has 0 aliphatic carbocycles. The maximum atomic E-state index is 13.3. The number of ketones is 1. The molecule has 0 bridgehead atoms. The van der Waals surface area contributed by atoms with Crippen LogP contribution >= 0.6 is 0 Å². The lowest BCUT2D eigenvalue weighted by atomic mass is 9.96. The Morgan fingerprint density at radius 2 is 1.85 bits per heavy atom. The SMILES string of the molecule is O=C1C(=O)N(CCc2ccc(F)cc2)C(c2cccnc2)/C1=C(/O)c1c[nH]c2ccccc12. The number of H-pyrrole nitrogens is 1. The van der Waals surface area contributed by atoms with E-state index in [9.17, 15) is 19.1 Å². The quantitative estimate of drug-likeness (QED) is 0.274. The zero-order valence-electron chi connectivity index (χ0n) is 17.5. The normalized spacial score (nSPS) is 17.7. The second-order valence-electron chi connectivity index (χ2n) is 7.90. The van der Waals surface area contributed by atoms with Crippen molar-refractivity contribution in [1.82, 2.24) is 14.9 Å². The number of aromatic nitrogens is 2. The molecule has 7 heteroatoms. The Morgan fingerprint density at radius 3 is 2.61 bits per heavy atom. The van der Waals surface area contributed by atoms with Gasteiger partial charge >= 0.3 is 0 Å². The third-order valence-electron chi connectivity index (χ3n) is 5.94. The zero-order valence-corrected chi connectivity index (χ0v) is 17.5. The number of carbonyl (C=O) groups excluding carboxylic acids is 2. The molecule has 4 aromatic rings. The Kier molecular flexibility index (Phi) is 5.22. The number of aromatic amines is 1. The summed E-state index contributed by atoms with van der Waals surface area (Å²) in [6, 6.07) is 16.1. The van der Waals surface area contributed by atoms with Crippen molar-refractivity contribution in [1.29, 1.82) is 0 Å². The molecule has 0 radical (unpaired) electrons. The Hall–Kier alpha value is -4.26. The van der Waals surface area contributed by atoms with Gasteiger partial charge in [0, 0.05) is 41.6 Å². The van der Waals surface area contributed by atoms with E-state index in [1.165, 1.54) is 17.0 Å². The third-order valence-corrected chi connectivity index (χ3v) is 5.94. The van der Waals surface area contributed by atoms with Crippen LogP contribution in [0.4, 0.5) is 4.39 Å². The topological polar surface area (TPSA) is 86.3 Å². The van der Waals surface area contributed by atoms with Crippen LogP contribution in [0.25, 0.3) is 16.7 Å². The molecule has 2 N–H and O–H groups in total. The summed E-state index contributed by atoms with van der Waals surface area (Å²) >= 11 is 0. The van der Waals surface area contributed by atoms with Crippen LogP contribution in [-0.2, 0) is 16.0 Å². The maximum absolute atomic E-state index is 13.3. The molecule has 2 aromatic carbocycles. The standard InChI is InChI=1S/C26H20FN3O3/c27-18-9-7-16(8-10-18)11-13-30-23(17-4-3-12-28-14-17)22(25(32)26(30)33)24(31)20-15-29-21-6-2-1-5-19(20)21/h1-10,12,14-15,23,29,31H,11,13H2/b24-22-. The van der Waals surface area contributed by atoms with Gasteiger partial charge in [-0.3, -0.25) is 14.6 Å². The first-order valence-corrected chi connectivity index (χ1v) is 10.5. The number of hydrogen-bond donors (Lipinski definition) is 2. The number of nitrogens with one attached hydrogen (secondary N) is 1. The van der Waals surface area contributed by atoms with Gasteiger partial charge in [-0.25, -0.2) is 4.39 Å². The second kappa shape index (κ2) is 8.35. The fourth-order valence-corrected chi connectivity index (χ4v) is 4.31. The number of likely N-dealkylation sites (tertiary alicyclic amines) is 1. The van der Waals surface area contributed by atoms with Gasteiger partial charge in [0.1, 0.15) is 11.6 Å². The van der Waals surface area contributed by atoms with Crippen molar-refractivity contribution in [2.45, 2.75) is 12.5 Å². The van der Waals surface area contributed by atoms with Crippen molar-refractivity contribution >= 4 is 28.4 Å². The highest BCUT2D eigenvalue weighted by Gasteiger charge is 2.46. The highest BCUT2D eigenvalue weighted by molar-refractivity contribution is 6.46. The Labute approximate surface area is 189 Å². The van der Waals surface area contributed by atoms with E-state index in [2.05, 4.69) is 9.97 Å². The van der Waals surface area contributed by atoms with E-state index < -0.39 is 17.7 Å². The van der Waals surface area contributed by atoms with Gasteiger partial charge in [0.05, 0.1) is 11.6 Å². The molecule has 0 saturated carbocycles. The minimum absolute atomic E-state index is 0.0249. The lowest BCUT2D eigenvalue weighted by Gasteiger charge is -2.25. The molecule has 1 saturated heterocycles. The number of aliphatic hydroxyl groups is 1. The lowest BCUT2D eigenvalue weighted by molar-refractivity contribution is -0.139. The van der Waals surface area contributed by atoms with Gasteiger partial charge in [-0.15, -0.1) is 0 Å². The van der Waals surface area contributed by atoms with Gasteiger partial charge in [0.25, 0.3) is 11.7 Å². The molecule has 0 spiro atoms. The number of Topliss-reactive ketones (excluding diaryl/α,β-unsaturated/α-hetero) is 1. The Balaban J connectivity index is 1.59. The smallest absolute Gasteiger partial charge is 0.295 e. The predicted molar refractivity (Wildman–Crippen MR) is 122 cm³/mol. The molecule has 1 amide bonds. The Morgan fingerprint density at radius 1 is 1.06 bits per heavy atom. The average Bonchev–Trinajstić information content (AvgIpc) is 3.38. The zero-order chi connectivity index (χ0) is 22.9. The number of benzene rings is 2. The van der Waals surface area contributed by atoms with E-state index in [-0.39, 0.29) is 23.7 Å². The first kappa shape index (κ1) is 20.6. The summed E-state index contributed by atoms with van der Waals surface area (Å²) in [5.74, 6) is -2.00. The predicted octanol–water partition coefficient (Wildman–Crippen LogP) is 4.37. The summed E-state index contributed by atoms with van der Waals surface area (Å²) in [6.45, 7) is 0.223. The largest absolute Gasteiger partial charge is 0.507 e. The third kappa shape index (κ3) is 3.67. The van der Waals surface area contributed by atoms with Crippen LogP contribution in [0.2, 0.25) is 0 Å². The van der Waals surface area contributed by atoms with Gasteiger partial charge in [0.15, 0.2) is 0 Å². The average molecular weight is 441 g/mol. The molecule has 33 heavy (non-hydrogen) atoms. The van der Waals surface area contributed by atoms with Crippen LogP contribution < -0.4 is 0 Å². The van der Waals surface area contributed by atoms with Crippen LogP contribution in [-0.4, -0.2) is 38.2 Å². The number of halogens is 1. The fraction of sp³-hybridized carbons (Fsp3) is 0.115. The van der Waals surface area contributed by atoms with E-state index in [1.54, 1.807) is 42.9 Å². The maximum Gasteiger partial charge on any atom is 0.295 e. The van der Waals surface area contributed by atoms with E-state index in [0.29, 0.717) is 17.5 Å². The van der Waals surface area contributed by atoms with E-state index in [1.807, 2.05) is 24.3 Å². The summed E-state index contributed by atoms with van der Waals surface area (Å²) in [5.41, 5.74) is 2.74. The number of nitrogens with zero attached hydrogens (tertiary/aromatic N) is 2. The number of carbonyl (C=O) groups is 2. The van der Waals surface area contributed by atoms with Crippen molar-refractivity contribution in [2.75, 3.05) is 6.54 Å². The number of fused-ring (bicyclic) bond motifs is 1. The molecule has 5 rings (SSSR count). The summed E-state index contributed by atoms with van der Waals surface area (Å²) in [6.07, 6.45) is 5.25. The number of rotatable bonds is 5. The molecular formula is C26H20FN3O3. The molecule has 1 unspecified atom stereocenters. The molecule has 164 valence electrons. The minimum atomic E-state index is -0.784. The Bertz CT molecular complexity index is 1380. The fourth-order valence-electron chi connectivity index (χ4n) is 4.31. The molecule has 6 nitrogen and oxygen atoms in total. The molecule has 1 atom stereocenters. The van der Waals surface area contributed by atoms with Crippen LogP contribution in [0, 0.1) is 5.82 Å². The second-order valence-corrected chi connectivity index (χ2v) is 7.90. The van der Waals surface area contributed by atoms with Crippen molar-refractivity contribution in [3.63, 3.8) is 0 Å². The highest BCUT2D eigenvalue weighted by atomic mass is 19.1. The summed E-state index contributed by atoms with van der Waals surface area (Å²) in [5, 5.41) is 12.0. The number of amides is 1. The molecule has 3 heterocycles. The van der Waals surface area contributed by atoms with Gasteiger partial charge in [-0.05, 0) is 41.8 Å².